The van der Waals surface area contributed by atoms with Gasteiger partial charge in [0.15, 0.2) is 5.82 Å². The first-order valence-electron chi connectivity index (χ1n) is 8.29. The normalized spacial score (nSPS) is 14.3. The molecule has 5 heteroatoms. The van der Waals surface area contributed by atoms with E-state index in [1.54, 1.807) is 6.20 Å². The number of fused-ring (bicyclic) bond motifs is 1. The van der Waals surface area contributed by atoms with Crippen molar-refractivity contribution in [3.8, 4) is 0 Å². The number of nitrogens with one attached hydrogen (secondary N) is 1. The molecule has 1 amide bonds. The number of aromatic nitrogens is 2. The Hall–Kier alpha value is -2.82. The average molecular weight is 320 g/mol. The van der Waals surface area contributed by atoms with Crippen molar-refractivity contribution in [3.05, 3.63) is 54.4 Å². The highest BCUT2D eigenvalue weighted by atomic mass is 16.1. The molecule has 122 valence electrons. The summed E-state index contributed by atoms with van der Waals surface area (Å²) in [7, 11) is 1.98. The zero-order valence-corrected chi connectivity index (χ0v) is 13.7. The van der Waals surface area contributed by atoms with Crippen LogP contribution in [-0.2, 0) is 7.05 Å². The number of hydrogen-bond acceptors (Lipinski definition) is 3. The van der Waals surface area contributed by atoms with Gasteiger partial charge in [-0.25, -0.2) is 4.98 Å². The van der Waals surface area contributed by atoms with Gasteiger partial charge < -0.3 is 14.8 Å². The SMILES string of the molecule is Cn1ccc2ccc(C(=O)Nc3cccnc3N3CCCC3)cc21. The van der Waals surface area contributed by atoms with Gasteiger partial charge in [0.25, 0.3) is 5.91 Å². The van der Waals surface area contributed by atoms with Gasteiger partial charge in [0.05, 0.1) is 5.69 Å². The summed E-state index contributed by atoms with van der Waals surface area (Å²) in [5, 5.41) is 4.16. The van der Waals surface area contributed by atoms with E-state index in [0.717, 1.165) is 35.5 Å². The van der Waals surface area contributed by atoms with Gasteiger partial charge in [-0.05, 0) is 48.6 Å². The van der Waals surface area contributed by atoms with E-state index in [4.69, 9.17) is 0 Å². The summed E-state index contributed by atoms with van der Waals surface area (Å²) >= 11 is 0. The zero-order valence-electron chi connectivity index (χ0n) is 13.7. The summed E-state index contributed by atoms with van der Waals surface area (Å²) in [5.74, 6) is 0.759. The third-order valence-corrected chi connectivity index (χ3v) is 4.59. The van der Waals surface area contributed by atoms with E-state index in [-0.39, 0.29) is 5.91 Å². The molecule has 5 nitrogen and oxygen atoms in total. The third kappa shape index (κ3) is 2.62. The number of hydrogen-bond donors (Lipinski definition) is 1. The quantitative estimate of drug-likeness (QED) is 0.804. The molecule has 1 aromatic carbocycles. The van der Waals surface area contributed by atoms with Crippen molar-refractivity contribution in [2.45, 2.75) is 12.8 Å². The molecule has 1 aliphatic rings. The summed E-state index contributed by atoms with van der Waals surface area (Å²) in [6.45, 7) is 1.99. The Balaban J connectivity index is 1.62. The Bertz CT molecular complexity index is 893. The lowest BCUT2D eigenvalue weighted by Crippen LogP contribution is -2.22. The van der Waals surface area contributed by atoms with E-state index in [2.05, 4.69) is 15.2 Å². The lowest BCUT2D eigenvalue weighted by molar-refractivity contribution is 0.102. The summed E-state index contributed by atoms with van der Waals surface area (Å²) in [6.07, 6.45) is 6.13. The van der Waals surface area contributed by atoms with Crippen LogP contribution in [0.1, 0.15) is 23.2 Å². The molecule has 0 atom stereocenters. The lowest BCUT2D eigenvalue weighted by Gasteiger charge is -2.20. The Kier molecular flexibility index (Phi) is 3.69. The van der Waals surface area contributed by atoms with Crippen LogP contribution in [0.15, 0.2) is 48.8 Å². The highest BCUT2D eigenvalue weighted by Gasteiger charge is 2.18. The van der Waals surface area contributed by atoms with E-state index in [9.17, 15) is 4.79 Å². The number of pyridine rings is 1. The predicted molar refractivity (Wildman–Crippen MR) is 96.6 cm³/mol. The second-order valence-corrected chi connectivity index (χ2v) is 6.22. The van der Waals surface area contributed by atoms with E-state index in [0.29, 0.717) is 5.56 Å². The molecule has 4 rings (SSSR count). The maximum absolute atomic E-state index is 12.7. The minimum atomic E-state index is -0.105. The van der Waals surface area contributed by atoms with Gasteiger partial charge in [0, 0.05) is 43.6 Å². The molecule has 0 saturated carbocycles. The van der Waals surface area contributed by atoms with E-state index in [1.807, 2.05) is 54.2 Å². The largest absolute Gasteiger partial charge is 0.355 e. The van der Waals surface area contributed by atoms with Gasteiger partial charge in [0.1, 0.15) is 0 Å². The van der Waals surface area contributed by atoms with Crippen LogP contribution in [0.4, 0.5) is 11.5 Å². The number of anilines is 2. The topological polar surface area (TPSA) is 50.2 Å². The van der Waals surface area contributed by atoms with Gasteiger partial charge in [-0.15, -0.1) is 0 Å². The van der Waals surface area contributed by atoms with Crippen LogP contribution in [0.25, 0.3) is 10.9 Å². The Morgan fingerprint density at radius 3 is 2.83 bits per heavy atom. The van der Waals surface area contributed by atoms with Gasteiger partial charge in [-0.1, -0.05) is 6.07 Å². The van der Waals surface area contributed by atoms with Crippen molar-refractivity contribution in [2.75, 3.05) is 23.3 Å². The molecule has 24 heavy (non-hydrogen) atoms. The van der Waals surface area contributed by atoms with Crippen LogP contribution in [0.3, 0.4) is 0 Å². The van der Waals surface area contributed by atoms with E-state index in [1.165, 1.54) is 12.8 Å². The molecule has 0 spiro atoms. The van der Waals surface area contributed by atoms with Gasteiger partial charge in [0.2, 0.25) is 0 Å². The zero-order chi connectivity index (χ0) is 16.5. The first kappa shape index (κ1) is 14.8. The number of nitrogens with zero attached hydrogens (tertiary/aromatic N) is 3. The highest BCUT2D eigenvalue weighted by molar-refractivity contribution is 6.07. The van der Waals surface area contributed by atoms with Crippen LogP contribution in [0.5, 0.6) is 0 Å². The number of benzene rings is 1. The molecular weight excluding hydrogens is 300 g/mol. The Morgan fingerprint density at radius 1 is 1.17 bits per heavy atom. The number of amides is 1. The molecular formula is C19H20N4O. The highest BCUT2D eigenvalue weighted by Crippen LogP contribution is 2.27. The Labute approximate surface area is 140 Å². The van der Waals surface area contributed by atoms with E-state index >= 15 is 0 Å². The van der Waals surface area contributed by atoms with Crippen LogP contribution >= 0.6 is 0 Å². The average Bonchev–Trinajstić information content (AvgIpc) is 3.25. The fourth-order valence-electron chi connectivity index (χ4n) is 3.27. The van der Waals surface area contributed by atoms with Crippen LogP contribution in [0.2, 0.25) is 0 Å². The van der Waals surface area contributed by atoms with Crippen molar-refractivity contribution in [2.24, 2.45) is 7.05 Å². The number of carbonyl (C=O) groups excluding carboxylic acids is 1. The van der Waals surface area contributed by atoms with Crippen molar-refractivity contribution in [3.63, 3.8) is 0 Å². The molecule has 0 radical (unpaired) electrons. The summed E-state index contributed by atoms with van der Waals surface area (Å²) in [4.78, 5) is 19.4. The van der Waals surface area contributed by atoms with Crippen molar-refractivity contribution in [1.82, 2.24) is 9.55 Å². The first-order valence-corrected chi connectivity index (χ1v) is 8.29. The van der Waals surface area contributed by atoms with Crippen molar-refractivity contribution < 1.29 is 4.79 Å². The Morgan fingerprint density at radius 2 is 2.00 bits per heavy atom. The summed E-state index contributed by atoms with van der Waals surface area (Å²) in [6, 6.07) is 11.6. The monoisotopic (exact) mass is 320 g/mol. The van der Waals surface area contributed by atoms with Crippen molar-refractivity contribution in [1.29, 1.82) is 0 Å². The molecule has 0 unspecified atom stereocenters. The predicted octanol–water partition coefficient (Wildman–Crippen LogP) is 3.43. The number of carbonyl (C=O) groups is 1. The molecule has 2 aromatic heterocycles. The van der Waals surface area contributed by atoms with Crippen LogP contribution in [-0.4, -0.2) is 28.5 Å². The molecule has 1 N–H and O–H groups in total. The first-order chi connectivity index (χ1) is 11.7. The van der Waals surface area contributed by atoms with Gasteiger partial charge >= 0.3 is 0 Å². The standard InChI is InChI=1S/C19H20N4O/c1-22-12-8-14-6-7-15(13-17(14)22)19(24)21-16-5-4-9-20-18(16)23-10-2-3-11-23/h4-9,12-13H,2-3,10-11H2,1H3,(H,21,24). The van der Waals surface area contributed by atoms with Gasteiger partial charge in [-0.3, -0.25) is 4.79 Å². The molecule has 0 aliphatic carbocycles. The molecule has 3 aromatic rings. The van der Waals surface area contributed by atoms with Gasteiger partial charge in [-0.2, -0.15) is 0 Å². The maximum atomic E-state index is 12.7. The number of rotatable bonds is 3. The van der Waals surface area contributed by atoms with Crippen LogP contribution < -0.4 is 10.2 Å². The molecule has 3 heterocycles. The fraction of sp³-hybridized carbons (Fsp3) is 0.263. The van der Waals surface area contributed by atoms with Crippen LogP contribution in [0, 0.1) is 0 Å². The second-order valence-electron chi connectivity index (χ2n) is 6.22. The van der Waals surface area contributed by atoms with E-state index < -0.39 is 0 Å². The molecule has 1 saturated heterocycles. The minimum absolute atomic E-state index is 0.105. The third-order valence-electron chi connectivity index (χ3n) is 4.59. The summed E-state index contributed by atoms with van der Waals surface area (Å²) < 4.78 is 2.02. The molecule has 0 bridgehead atoms. The second kappa shape index (κ2) is 6.00. The number of aryl methyl sites for hydroxylation is 1. The smallest absolute Gasteiger partial charge is 0.255 e. The molecule has 1 aliphatic heterocycles. The molecule has 1 fully saturated rings. The van der Waals surface area contributed by atoms with Crippen molar-refractivity contribution >= 4 is 28.3 Å². The fourth-order valence-corrected chi connectivity index (χ4v) is 3.27. The lowest BCUT2D eigenvalue weighted by atomic mass is 10.1. The summed E-state index contributed by atoms with van der Waals surface area (Å²) in [5.41, 5.74) is 2.48. The minimum Gasteiger partial charge on any atom is -0.355 e. The maximum Gasteiger partial charge on any atom is 0.255 e.